The molecule has 0 N–H and O–H groups in total. The Bertz CT molecular complexity index is 734. The topological polar surface area (TPSA) is 66.0 Å². The number of hydrogen-bond acceptors (Lipinski definition) is 5. The third-order valence-electron chi connectivity index (χ3n) is 6.80. The molecule has 7 heteroatoms. The summed E-state index contributed by atoms with van der Waals surface area (Å²) in [5.41, 5.74) is 0.628. The molecule has 0 aromatic carbocycles. The summed E-state index contributed by atoms with van der Waals surface area (Å²) < 4.78 is 6.04. The molecule has 1 aliphatic carbocycles. The van der Waals surface area contributed by atoms with Crippen LogP contribution in [0.1, 0.15) is 62.2 Å². The van der Waals surface area contributed by atoms with Gasteiger partial charge in [0.25, 0.3) is 5.91 Å². The fraction of sp³-hybridized carbons (Fsp3) is 0.696. The van der Waals surface area contributed by atoms with Gasteiger partial charge in [0.15, 0.2) is 0 Å². The van der Waals surface area contributed by atoms with E-state index < -0.39 is 0 Å². The third-order valence-corrected chi connectivity index (χ3v) is 6.80. The fourth-order valence-electron chi connectivity index (χ4n) is 4.69. The van der Waals surface area contributed by atoms with Crippen LogP contribution in [0.25, 0.3) is 0 Å². The number of amides is 2. The van der Waals surface area contributed by atoms with Gasteiger partial charge in [-0.1, -0.05) is 6.42 Å². The highest BCUT2D eigenvalue weighted by atomic mass is 16.5. The normalized spacial score (nSPS) is 24.0. The number of carbonyl (C=O) groups excluding carboxylic acids is 2. The van der Waals surface area contributed by atoms with Crippen LogP contribution in [0, 0.1) is 0 Å². The van der Waals surface area contributed by atoms with E-state index in [0.29, 0.717) is 11.4 Å². The lowest BCUT2D eigenvalue weighted by atomic mass is 9.91. The molecule has 164 valence electrons. The van der Waals surface area contributed by atoms with Crippen molar-refractivity contribution in [3.8, 4) is 5.88 Å². The van der Waals surface area contributed by atoms with E-state index >= 15 is 0 Å². The minimum Gasteiger partial charge on any atom is -0.474 e. The summed E-state index contributed by atoms with van der Waals surface area (Å²) in [6.45, 7) is 6.82. The molecule has 30 heavy (non-hydrogen) atoms. The molecule has 1 atom stereocenters. The average molecular weight is 415 g/mol. The first kappa shape index (κ1) is 21.1. The third kappa shape index (κ3) is 5.12. The zero-order valence-electron chi connectivity index (χ0n) is 18.1. The van der Waals surface area contributed by atoms with Gasteiger partial charge in [-0.25, -0.2) is 4.98 Å². The second-order valence-electron chi connectivity index (χ2n) is 8.83. The molecule has 2 amide bonds. The summed E-state index contributed by atoms with van der Waals surface area (Å²) >= 11 is 0. The summed E-state index contributed by atoms with van der Waals surface area (Å²) in [6, 6.07) is 4.38. The highest BCUT2D eigenvalue weighted by Gasteiger charge is 2.28. The lowest BCUT2D eigenvalue weighted by Crippen LogP contribution is -2.42. The summed E-state index contributed by atoms with van der Waals surface area (Å²) in [5.74, 6) is 0.747. The van der Waals surface area contributed by atoms with E-state index in [0.717, 1.165) is 71.0 Å². The first-order valence-electron chi connectivity index (χ1n) is 11.5. The van der Waals surface area contributed by atoms with Crippen molar-refractivity contribution in [2.45, 2.75) is 64.0 Å². The van der Waals surface area contributed by atoms with Gasteiger partial charge in [0, 0.05) is 70.9 Å². The Balaban J connectivity index is 1.29. The van der Waals surface area contributed by atoms with Crippen LogP contribution in [0.3, 0.4) is 0 Å². The van der Waals surface area contributed by atoms with Crippen LogP contribution in [0.15, 0.2) is 18.3 Å². The van der Waals surface area contributed by atoms with E-state index in [1.807, 2.05) is 15.9 Å². The highest BCUT2D eigenvalue weighted by Crippen LogP contribution is 2.26. The first-order chi connectivity index (χ1) is 14.6. The van der Waals surface area contributed by atoms with Crippen LogP contribution in [-0.4, -0.2) is 82.9 Å². The maximum atomic E-state index is 12.9. The van der Waals surface area contributed by atoms with Crippen molar-refractivity contribution in [3.63, 3.8) is 0 Å². The number of carbonyl (C=O) groups is 2. The molecule has 3 fully saturated rings. The van der Waals surface area contributed by atoms with E-state index in [2.05, 4.69) is 9.88 Å². The first-order valence-corrected chi connectivity index (χ1v) is 11.5. The lowest BCUT2D eigenvalue weighted by Gasteiger charge is -2.36. The van der Waals surface area contributed by atoms with Gasteiger partial charge in [-0.3, -0.25) is 14.5 Å². The highest BCUT2D eigenvalue weighted by molar-refractivity contribution is 5.94. The van der Waals surface area contributed by atoms with Crippen LogP contribution in [-0.2, 0) is 4.79 Å². The number of nitrogens with zero attached hydrogens (tertiary/aromatic N) is 4. The van der Waals surface area contributed by atoms with Crippen LogP contribution < -0.4 is 4.74 Å². The molecule has 2 saturated heterocycles. The quantitative estimate of drug-likeness (QED) is 0.758. The molecule has 0 spiro atoms. The van der Waals surface area contributed by atoms with Crippen molar-refractivity contribution >= 4 is 11.8 Å². The van der Waals surface area contributed by atoms with Crippen LogP contribution in [0.4, 0.5) is 0 Å². The number of hydrogen-bond donors (Lipinski definition) is 0. The Morgan fingerprint density at radius 2 is 1.73 bits per heavy atom. The molecule has 2 aliphatic heterocycles. The lowest BCUT2D eigenvalue weighted by molar-refractivity contribution is -0.128. The zero-order valence-corrected chi connectivity index (χ0v) is 18.1. The molecular formula is C23H34N4O3. The van der Waals surface area contributed by atoms with Gasteiger partial charge in [0.05, 0.1) is 5.56 Å². The minimum atomic E-state index is 0.0616. The molecule has 1 aromatic rings. The summed E-state index contributed by atoms with van der Waals surface area (Å²) in [6.07, 6.45) is 9.38. The Morgan fingerprint density at radius 3 is 2.43 bits per heavy atom. The largest absolute Gasteiger partial charge is 0.474 e. The van der Waals surface area contributed by atoms with Crippen LogP contribution >= 0.6 is 0 Å². The molecule has 0 bridgehead atoms. The van der Waals surface area contributed by atoms with Crippen molar-refractivity contribution in [2.75, 3.05) is 39.3 Å². The van der Waals surface area contributed by atoms with Gasteiger partial charge < -0.3 is 14.5 Å². The second-order valence-corrected chi connectivity index (χ2v) is 8.83. The van der Waals surface area contributed by atoms with Crippen molar-refractivity contribution in [2.24, 2.45) is 0 Å². The number of aromatic nitrogens is 1. The Labute approximate surface area is 179 Å². The monoisotopic (exact) mass is 414 g/mol. The second kappa shape index (κ2) is 9.77. The Kier molecular flexibility index (Phi) is 6.87. The molecule has 3 aliphatic rings. The Morgan fingerprint density at radius 1 is 0.900 bits per heavy atom. The predicted molar refractivity (Wildman–Crippen MR) is 114 cm³/mol. The van der Waals surface area contributed by atoms with Gasteiger partial charge >= 0.3 is 0 Å². The number of rotatable bonds is 4. The summed E-state index contributed by atoms with van der Waals surface area (Å²) in [5, 5.41) is 0. The standard InChI is InChI=1S/C23H34N4O3/c1-18(28)25-11-3-7-21(10-14-25)30-22-9-8-19(17-24-22)23(29)27-13-4-12-26(15-16-27)20-5-2-6-20/h8-9,17,20-21H,2-7,10-16H2,1H3. The molecule has 1 aromatic heterocycles. The van der Waals surface area contributed by atoms with Crippen LogP contribution in [0.2, 0.25) is 0 Å². The Hall–Kier alpha value is -2.15. The van der Waals surface area contributed by atoms with E-state index in [9.17, 15) is 9.59 Å². The van der Waals surface area contributed by atoms with E-state index in [4.69, 9.17) is 4.74 Å². The number of pyridine rings is 1. The molecule has 1 saturated carbocycles. The zero-order chi connectivity index (χ0) is 20.9. The fourth-order valence-corrected chi connectivity index (χ4v) is 4.69. The van der Waals surface area contributed by atoms with Crippen molar-refractivity contribution in [1.82, 2.24) is 19.7 Å². The molecule has 4 rings (SSSR count). The molecule has 0 radical (unpaired) electrons. The predicted octanol–water partition coefficient (Wildman–Crippen LogP) is 2.56. The van der Waals surface area contributed by atoms with Gasteiger partial charge in [0.1, 0.15) is 6.10 Å². The number of likely N-dealkylation sites (tertiary alicyclic amines) is 1. The van der Waals surface area contributed by atoms with E-state index in [1.165, 1.54) is 19.3 Å². The SMILES string of the molecule is CC(=O)N1CCCC(Oc2ccc(C(=O)N3CCCN(C4CCC4)CC3)cn2)CC1. The maximum absolute atomic E-state index is 12.9. The van der Waals surface area contributed by atoms with Crippen molar-refractivity contribution in [1.29, 1.82) is 0 Å². The minimum absolute atomic E-state index is 0.0616. The van der Waals surface area contributed by atoms with Crippen molar-refractivity contribution < 1.29 is 14.3 Å². The molecule has 3 heterocycles. The van der Waals surface area contributed by atoms with Crippen LogP contribution in [0.5, 0.6) is 5.88 Å². The summed E-state index contributed by atoms with van der Waals surface area (Å²) in [4.78, 5) is 35.3. The number of ether oxygens (including phenoxy) is 1. The smallest absolute Gasteiger partial charge is 0.255 e. The maximum Gasteiger partial charge on any atom is 0.255 e. The molecule has 1 unspecified atom stereocenters. The van der Waals surface area contributed by atoms with Crippen molar-refractivity contribution in [3.05, 3.63) is 23.9 Å². The van der Waals surface area contributed by atoms with Gasteiger partial charge in [-0.05, 0) is 38.2 Å². The van der Waals surface area contributed by atoms with Gasteiger partial charge in [-0.15, -0.1) is 0 Å². The molecular weight excluding hydrogens is 380 g/mol. The average Bonchev–Trinajstić information content (AvgIpc) is 3.08. The summed E-state index contributed by atoms with van der Waals surface area (Å²) in [7, 11) is 0. The van der Waals surface area contributed by atoms with E-state index in [1.54, 1.807) is 19.2 Å². The molecule has 7 nitrogen and oxygen atoms in total. The van der Waals surface area contributed by atoms with Gasteiger partial charge in [0.2, 0.25) is 11.8 Å². The van der Waals surface area contributed by atoms with E-state index in [-0.39, 0.29) is 17.9 Å². The van der Waals surface area contributed by atoms with Gasteiger partial charge in [-0.2, -0.15) is 0 Å².